The molecule has 2 heterocycles. The number of hydrogen-bond acceptors (Lipinski definition) is 4. The normalized spacial score (nSPS) is 21.3. The summed E-state index contributed by atoms with van der Waals surface area (Å²) in [7, 11) is -1.76. The number of nitrogens with one attached hydrogen (secondary N) is 1. The fourth-order valence-corrected chi connectivity index (χ4v) is 6.95. The lowest BCUT2D eigenvalue weighted by Gasteiger charge is -2.22. The Morgan fingerprint density at radius 3 is 2.71 bits per heavy atom. The summed E-state index contributed by atoms with van der Waals surface area (Å²) >= 11 is 7.97. The van der Waals surface area contributed by atoms with Crippen LogP contribution in [0, 0.1) is 0 Å². The summed E-state index contributed by atoms with van der Waals surface area (Å²) in [6, 6.07) is 1.69. The van der Waals surface area contributed by atoms with E-state index in [0.29, 0.717) is 8.68 Å². The Labute approximate surface area is 122 Å². The molecular formula is C9H12Br2N2O2S2. The van der Waals surface area contributed by atoms with Gasteiger partial charge in [-0.25, -0.2) is 8.42 Å². The van der Waals surface area contributed by atoms with Gasteiger partial charge in [0.25, 0.3) is 0 Å². The van der Waals surface area contributed by atoms with Crippen molar-refractivity contribution >= 4 is 53.2 Å². The zero-order chi connectivity index (χ0) is 12.6. The predicted molar refractivity (Wildman–Crippen MR) is 75.9 cm³/mol. The minimum absolute atomic E-state index is 0.0468. The second-order valence-corrected chi connectivity index (χ2v) is 9.57. The van der Waals surface area contributed by atoms with Crippen molar-refractivity contribution in [3.8, 4) is 0 Å². The average molecular weight is 404 g/mol. The molecule has 17 heavy (non-hydrogen) atoms. The molecule has 0 spiro atoms. The van der Waals surface area contributed by atoms with Crippen LogP contribution in [-0.2, 0) is 10.0 Å². The monoisotopic (exact) mass is 402 g/mol. The standard InChI is InChI=1S/C9H12Br2N2O2S2/c1-13(6-2-3-12-5-6)17(14,15)7-4-8(10)16-9(7)11/h4,6,12H,2-3,5H2,1H3. The van der Waals surface area contributed by atoms with Gasteiger partial charge < -0.3 is 5.32 Å². The summed E-state index contributed by atoms with van der Waals surface area (Å²) in [6.45, 7) is 1.59. The predicted octanol–water partition coefficient (Wildman–Crippen LogP) is 2.26. The van der Waals surface area contributed by atoms with Gasteiger partial charge in [0.15, 0.2) is 0 Å². The maximum absolute atomic E-state index is 12.4. The van der Waals surface area contributed by atoms with Crippen molar-refractivity contribution in [3.05, 3.63) is 13.6 Å². The maximum atomic E-state index is 12.4. The van der Waals surface area contributed by atoms with Crippen LogP contribution >= 0.6 is 43.2 Å². The van der Waals surface area contributed by atoms with Crippen LogP contribution in [0.25, 0.3) is 0 Å². The summed E-state index contributed by atoms with van der Waals surface area (Å²) < 4.78 is 27.7. The molecule has 0 saturated carbocycles. The number of halogens is 2. The summed E-state index contributed by atoms with van der Waals surface area (Å²) in [5.41, 5.74) is 0. The van der Waals surface area contributed by atoms with E-state index in [1.807, 2.05) is 0 Å². The van der Waals surface area contributed by atoms with Crippen LogP contribution in [0.2, 0.25) is 0 Å². The van der Waals surface area contributed by atoms with Crippen molar-refractivity contribution in [2.24, 2.45) is 0 Å². The smallest absolute Gasteiger partial charge is 0.245 e. The van der Waals surface area contributed by atoms with Crippen molar-refractivity contribution in [2.75, 3.05) is 20.1 Å². The first kappa shape index (κ1) is 14.0. The van der Waals surface area contributed by atoms with E-state index in [1.165, 1.54) is 15.6 Å². The number of hydrogen-bond donors (Lipinski definition) is 1. The highest BCUT2D eigenvalue weighted by atomic mass is 79.9. The van der Waals surface area contributed by atoms with E-state index >= 15 is 0 Å². The lowest BCUT2D eigenvalue weighted by molar-refractivity contribution is 0.387. The first-order chi connectivity index (χ1) is 7.93. The van der Waals surface area contributed by atoms with Crippen LogP contribution < -0.4 is 5.32 Å². The van der Waals surface area contributed by atoms with Gasteiger partial charge in [-0.2, -0.15) is 4.31 Å². The van der Waals surface area contributed by atoms with Crippen molar-refractivity contribution in [2.45, 2.75) is 17.4 Å². The molecule has 1 unspecified atom stereocenters. The number of nitrogens with zero attached hydrogens (tertiary/aromatic N) is 1. The van der Waals surface area contributed by atoms with Gasteiger partial charge in [-0.1, -0.05) is 0 Å². The van der Waals surface area contributed by atoms with E-state index in [1.54, 1.807) is 13.1 Å². The Morgan fingerprint density at radius 1 is 1.53 bits per heavy atom. The van der Waals surface area contributed by atoms with Gasteiger partial charge in [0.2, 0.25) is 10.0 Å². The molecule has 1 fully saturated rings. The Kier molecular flexibility index (Phi) is 4.32. The van der Waals surface area contributed by atoms with Gasteiger partial charge in [0, 0.05) is 19.6 Å². The minimum atomic E-state index is -3.41. The van der Waals surface area contributed by atoms with Crippen molar-refractivity contribution < 1.29 is 8.42 Å². The zero-order valence-electron chi connectivity index (χ0n) is 9.11. The van der Waals surface area contributed by atoms with Gasteiger partial charge in [-0.05, 0) is 50.9 Å². The molecule has 1 aromatic rings. The molecule has 96 valence electrons. The van der Waals surface area contributed by atoms with Crippen LogP contribution in [0.3, 0.4) is 0 Å². The third kappa shape index (κ3) is 2.76. The third-order valence-corrected chi connectivity index (χ3v) is 7.50. The van der Waals surface area contributed by atoms with Gasteiger partial charge in [-0.15, -0.1) is 11.3 Å². The van der Waals surface area contributed by atoms with E-state index in [-0.39, 0.29) is 6.04 Å². The van der Waals surface area contributed by atoms with Crippen molar-refractivity contribution in [1.82, 2.24) is 9.62 Å². The van der Waals surface area contributed by atoms with Crippen LogP contribution in [0.15, 0.2) is 18.5 Å². The number of sulfonamides is 1. The number of rotatable bonds is 3. The summed E-state index contributed by atoms with van der Waals surface area (Å²) in [6.07, 6.45) is 0.860. The first-order valence-corrected chi connectivity index (χ1v) is 8.91. The zero-order valence-corrected chi connectivity index (χ0v) is 13.9. The quantitative estimate of drug-likeness (QED) is 0.841. The highest BCUT2D eigenvalue weighted by Crippen LogP contribution is 2.36. The SMILES string of the molecule is CN(C1CCNC1)S(=O)(=O)c1cc(Br)sc1Br. The average Bonchev–Trinajstić information content (AvgIpc) is 2.86. The summed E-state index contributed by atoms with van der Waals surface area (Å²) in [5.74, 6) is 0. The second-order valence-electron chi connectivity index (χ2n) is 3.86. The molecule has 1 aliphatic heterocycles. The summed E-state index contributed by atoms with van der Waals surface area (Å²) in [4.78, 5) is 0.337. The Bertz CT molecular complexity index is 509. The van der Waals surface area contributed by atoms with E-state index in [2.05, 4.69) is 37.2 Å². The molecule has 8 heteroatoms. The van der Waals surface area contributed by atoms with Crippen LogP contribution in [0.5, 0.6) is 0 Å². The maximum Gasteiger partial charge on any atom is 0.245 e. The van der Waals surface area contributed by atoms with E-state index in [0.717, 1.165) is 23.3 Å². The molecule has 1 aliphatic rings. The lowest BCUT2D eigenvalue weighted by atomic mass is 10.3. The van der Waals surface area contributed by atoms with Gasteiger partial charge in [0.1, 0.15) is 4.90 Å². The van der Waals surface area contributed by atoms with Gasteiger partial charge >= 0.3 is 0 Å². The van der Waals surface area contributed by atoms with Crippen LogP contribution in [0.4, 0.5) is 0 Å². The molecule has 2 rings (SSSR count). The Hall–Kier alpha value is 0.530. The summed E-state index contributed by atoms with van der Waals surface area (Å²) in [5, 5.41) is 3.17. The van der Waals surface area contributed by atoms with Gasteiger partial charge in [-0.3, -0.25) is 0 Å². The molecular weight excluding hydrogens is 392 g/mol. The highest BCUT2D eigenvalue weighted by Gasteiger charge is 2.32. The minimum Gasteiger partial charge on any atom is -0.315 e. The highest BCUT2D eigenvalue weighted by molar-refractivity contribution is 9.12. The number of thiophene rings is 1. The molecule has 4 nitrogen and oxygen atoms in total. The Morgan fingerprint density at radius 2 is 2.24 bits per heavy atom. The third-order valence-electron chi connectivity index (χ3n) is 2.83. The second kappa shape index (κ2) is 5.26. The van der Waals surface area contributed by atoms with Crippen LogP contribution in [0.1, 0.15) is 6.42 Å². The molecule has 0 bridgehead atoms. The molecule has 1 aromatic heterocycles. The fraction of sp³-hybridized carbons (Fsp3) is 0.556. The number of likely N-dealkylation sites (N-methyl/N-ethyl adjacent to an activating group) is 1. The molecule has 0 radical (unpaired) electrons. The van der Waals surface area contributed by atoms with E-state index in [4.69, 9.17) is 0 Å². The molecule has 0 aliphatic carbocycles. The molecule has 1 saturated heterocycles. The first-order valence-electron chi connectivity index (χ1n) is 5.06. The van der Waals surface area contributed by atoms with Crippen molar-refractivity contribution in [3.63, 3.8) is 0 Å². The Balaban J connectivity index is 2.32. The van der Waals surface area contributed by atoms with Crippen LogP contribution in [-0.4, -0.2) is 38.9 Å². The lowest BCUT2D eigenvalue weighted by Crippen LogP contribution is -2.38. The van der Waals surface area contributed by atoms with E-state index < -0.39 is 10.0 Å². The van der Waals surface area contributed by atoms with E-state index in [9.17, 15) is 8.42 Å². The molecule has 0 amide bonds. The van der Waals surface area contributed by atoms with Gasteiger partial charge in [0.05, 0.1) is 7.57 Å². The fourth-order valence-electron chi connectivity index (χ4n) is 1.80. The molecule has 0 aromatic carbocycles. The molecule has 1 N–H and O–H groups in total. The largest absolute Gasteiger partial charge is 0.315 e. The molecule has 1 atom stereocenters. The topological polar surface area (TPSA) is 49.4 Å². The van der Waals surface area contributed by atoms with Crippen molar-refractivity contribution in [1.29, 1.82) is 0 Å².